The van der Waals surface area contributed by atoms with Crippen molar-refractivity contribution >= 4 is 29.5 Å². The Labute approximate surface area is 170 Å². The minimum absolute atomic E-state index is 0. The normalized spacial score (nSPS) is 35.6. The van der Waals surface area contributed by atoms with Gasteiger partial charge in [0, 0.05) is 4.75 Å². The van der Waals surface area contributed by atoms with Gasteiger partial charge in [-0.1, -0.05) is 30.3 Å². The van der Waals surface area contributed by atoms with Gasteiger partial charge in [0.1, 0.15) is 11.4 Å². The number of nitrogens with zero attached hydrogens (tertiary/aromatic N) is 1. The van der Waals surface area contributed by atoms with Crippen molar-refractivity contribution in [3.8, 4) is 0 Å². The number of amides is 2. The molecule has 1 saturated carbocycles. The fraction of sp³-hybridized carbons (Fsp3) is 0.438. The first-order valence-electron chi connectivity index (χ1n) is 7.58. The summed E-state index contributed by atoms with van der Waals surface area (Å²) in [5.74, 6) is -2.36. The first-order chi connectivity index (χ1) is 11.3. The summed E-state index contributed by atoms with van der Waals surface area (Å²) in [6.07, 6.45) is -1.01. The molecule has 5 atom stereocenters. The van der Waals surface area contributed by atoms with Crippen LogP contribution in [0.25, 0.3) is 0 Å². The minimum Gasteiger partial charge on any atom is -0.548 e. The average Bonchev–Trinajstić information content (AvgIpc) is 3.11. The predicted octanol–water partition coefficient (Wildman–Crippen LogP) is -4.22. The van der Waals surface area contributed by atoms with Crippen molar-refractivity contribution in [2.45, 2.75) is 41.2 Å². The Bertz CT molecular complexity index is 762. The van der Waals surface area contributed by atoms with Gasteiger partial charge in [0.15, 0.2) is 6.10 Å². The Kier molecular flexibility index (Phi) is 4.49. The number of aliphatic carboxylic acids is 1. The number of carboxylic acid groups (broad SMARTS) is 1. The molecule has 0 bridgehead atoms. The summed E-state index contributed by atoms with van der Waals surface area (Å²) in [5, 5.41) is 23.7. The van der Waals surface area contributed by atoms with Crippen LogP contribution >= 0.6 is 11.8 Å². The Hall–Kier alpha value is -1.06. The Morgan fingerprint density at radius 3 is 2.64 bits per heavy atom. The summed E-state index contributed by atoms with van der Waals surface area (Å²) in [6, 6.07) is 7.58. The molecule has 2 N–H and O–H groups in total. The molecule has 0 spiro atoms. The zero-order chi connectivity index (χ0) is 17.3. The van der Waals surface area contributed by atoms with E-state index >= 15 is 0 Å². The number of nitrogens with one attached hydrogen (secondary N) is 1. The first kappa shape index (κ1) is 18.7. The van der Waals surface area contributed by atoms with E-state index in [0.717, 1.165) is 0 Å². The molecule has 4 unspecified atom stereocenters. The monoisotopic (exact) mass is 370 g/mol. The molecule has 126 valence electrons. The van der Waals surface area contributed by atoms with Crippen LogP contribution < -0.4 is 40.0 Å². The van der Waals surface area contributed by atoms with E-state index in [9.17, 15) is 24.6 Å². The number of carbonyl (C=O) groups excluding carboxylic acids is 3. The van der Waals surface area contributed by atoms with Crippen molar-refractivity contribution in [2.24, 2.45) is 0 Å². The number of hydrogen-bond acceptors (Lipinski definition) is 6. The SMILES string of the molecule is CC12CC1(C(=O)[O-])N1C(=O)C(NC(=O)C(O)c3ccccc3)[C@@H]1S2.[Na+]. The summed E-state index contributed by atoms with van der Waals surface area (Å²) in [4.78, 5) is 37.3. The van der Waals surface area contributed by atoms with E-state index in [2.05, 4.69) is 5.32 Å². The van der Waals surface area contributed by atoms with E-state index in [1.165, 1.54) is 16.7 Å². The second-order valence-electron chi connectivity index (χ2n) is 6.57. The summed E-state index contributed by atoms with van der Waals surface area (Å²) < 4.78 is -0.566. The van der Waals surface area contributed by atoms with Crippen LogP contribution in [0, 0.1) is 0 Å². The molecular formula is C16H15N2NaO5S. The molecule has 2 heterocycles. The third-order valence-corrected chi connectivity index (χ3v) is 6.90. The van der Waals surface area contributed by atoms with E-state index < -0.39 is 45.6 Å². The van der Waals surface area contributed by atoms with E-state index in [-0.39, 0.29) is 29.6 Å². The van der Waals surface area contributed by atoms with Crippen molar-refractivity contribution in [3.63, 3.8) is 0 Å². The molecule has 1 aromatic carbocycles. The van der Waals surface area contributed by atoms with Crippen LogP contribution in [-0.2, 0) is 14.4 Å². The topological polar surface area (TPSA) is 110 Å². The second-order valence-corrected chi connectivity index (χ2v) is 8.19. The number of thioether (sulfide) groups is 1. The van der Waals surface area contributed by atoms with Gasteiger partial charge in [-0.15, -0.1) is 11.8 Å². The van der Waals surface area contributed by atoms with Crippen molar-refractivity contribution in [3.05, 3.63) is 35.9 Å². The number of aliphatic hydroxyl groups is 1. The number of aliphatic hydroxyl groups excluding tert-OH is 1. The number of carboxylic acids is 1. The van der Waals surface area contributed by atoms with E-state index in [1.807, 2.05) is 0 Å². The Morgan fingerprint density at radius 2 is 2.04 bits per heavy atom. The van der Waals surface area contributed by atoms with Crippen LogP contribution in [-0.4, -0.2) is 49.5 Å². The molecule has 25 heavy (non-hydrogen) atoms. The molecule has 2 aliphatic heterocycles. The number of fused-ring (bicyclic) bond motifs is 3. The molecule has 9 heteroatoms. The first-order valence-corrected chi connectivity index (χ1v) is 8.46. The van der Waals surface area contributed by atoms with Gasteiger partial charge in [-0.2, -0.15) is 0 Å². The van der Waals surface area contributed by atoms with Gasteiger partial charge in [-0.3, -0.25) is 9.59 Å². The fourth-order valence-corrected chi connectivity index (χ4v) is 5.63. The zero-order valence-corrected chi connectivity index (χ0v) is 16.6. The van der Waals surface area contributed by atoms with Crippen molar-refractivity contribution in [1.82, 2.24) is 10.2 Å². The largest absolute Gasteiger partial charge is 1.00 e. The van der Waals surface area contributed by atoms with Crippen LogP contribution in [0.4, 0.5) is 0 Å². The smallest absolute Gasteiger partial charge is 0.548 e. The number of carbonyl (C=O) groups is 3. The van der Waals surface area contributed by atoms with Crippen LogP contribution in [0.15, 0.2) is 30.3 Å². The number of β-lactam (4-membered cyclic amide) rings is 1. The van der Waals surface area contributed by atoms with Crippen molar-refractivity contribution < 1.29 is 54.2 Å². The molecule has 1 aliphatic carbocycles. The molecule has 2 saturated heterocycles. The maximum atomic E-state index is 12.4. The third-order valence-electron chi connectivity index (χ3n) is 5.18. The quantitative estimate of drug-likeness (QED) is 0.411. The molecule has 2 amide bonds. The van der Waals surface area contributed by atoms with Crippen molar-refractivity contribution in [1.29, 1.82) is 0 Å². The number of benzene rings is 1. The maximum absolute atomic E-state index is 12.4. The van der Waals surface area contributed by atoms with Gasteiger partial charge in [0.25, 0.3) is 5.91 Å². The molecule has 7 nitrogen and oxygen atoms in total. The Morgan fingerprint density at radius 1 is 1.40 bits per heavy atom. The molecule has 0 aromatic heterocycles. The van der Waals surface area contributed by atoms with E-state index in [4.69, 9.17) is 0 Å². The van der Waals surface area contributed by atoms with E-state index in [1.54, 1.807) is 37.3 Å². The van der Waals surface area contributed by atoms with Gasteiger partial charge in [-0.05, 0) is 18.9 Å². The van der Waals surface area contributed by atoms with Crippen LogP contribution in [0.3, 0.4) is 0 Å². The summed E-state index contributed by atoms with van der Waals surface area (Å²) in [7, 11) is 0. The fourth-order valence-electron chi connectivity index (χ4n) is 3.72. The predicted molar refractivity (Wildman–Crippen MR) is 82.3 cm³/mol. The average molecular weight is 370 g/mol. The van der Waals surface area contributed by atoms with Crippen LogP contribution in [0.5, 0.6) is 0 Å². The van der Waals surface area contributed by atoms with E-state index in [0.29, 0.717) is 12.0 Å². The van der Waals surface area contributed by atoms with Gasteiger partial charge < -0.3 is 25.2 Å². The van der Waals surface area contributed by atoms with Crippen LogP contribution in [0.1, 0.15) is 25.0 Å². The second kappa shape index (κ2) is 5.99. The zero-order valence-electron chi connectivity index (χ0n) is 13.8. The minimum atomic E-state index is -1.38. The number of rotatable bonds is 4. The number of hydrogen-bond donors (Lipinski definition) is 2. The van der Waals surface area contributed by atoms with Crippen molar-refractivity contribution in [2.75, 3.05) is 0 Å². The van der Waals surface area contributed by atoms with Gasteiger partial charge in [0.2, 0.25) is 5.91 Å². The maximum Gasteiger partial charge on any atom is 1.00 e. The molecule has 1 aromatic rings. The Balaban J connectivity index is 0.00000182. The van der Waals surface area contributed by atoms with Gasteiger partial charge in [0.05, 0.1) is 11.5 Å². The standard InChI is InChI=1S/C16H16N2O5S.Na/c1-15-7-16(15,14(22)23)18-12(21)9(13(18)24-15)17-11(20)10(19)8-5-3-2-4-6-8;/h2-6,9-10,13,19H,7H2,1H3,(H,17,20)(H,22,23);/q;+1/p-1/t9?,10?,13-,15?,16?;/m0./s1. The molecular weight excluding hydrogens is 355 g/mol. The van der Waals surface area contributed by atoms with Crippen LogP contribution in [0.2, 0.25) is 0 Å². The molecule has 0 radical (unpaired) electrons. The molecule has 4 rings (SSSR count). The molecule has 3 aliphatic rings. The van der Waals surface area contributed by atoms with Gasteiger partial charge in [-0.25, -0.2) is 0 Å². The summed E-state index contributed by atoms with van der Waals surface area (Å²) in [6.45, 7) is 1.79. The van der Waals surface area contributed by atoms with Gasteiger partial charge >= 0.3 is 29.6 Å². The summed E-state index contributed by atoms with van der Waals surface area (Å²) in [5.41, 5.74) is -0.822. The third kappa shape index (κ3) is 2.39. The summed E-state index contributed by atoms with van der Waals surface area (Å²) >= 11 is 1.37. The molecule has 3 fully saturated rings.